The lowest BCUT2D eigenvalue weighted by Crippen LogP contribution is -1.99. The number of nitrogens with zero attached hydrogens (tertiary/aromatic N) is 1. The third-order valence-corrected chi connectivity index (χ3v) is 4.05. The first-order valence-electron chi connectivity index (χ1n) is 7.35. The Kier molecular flexibility index (Phi) is 5.44. The predicted octanol–water partition coefficient (Wildman–Crippen LogP) is 6.24. The zero-order chi connectivity index (χ0) is 14.8. The second kappa shape index (κ2) is 7.13. The van der Waals surface area contributed by atoms with Gasteiger partial charge in [0.25, 0.3) is 0 Å². The Labute approximate surface area is 142 Å². The van der Waals surface area contributed by atoms with Crippen molar-refractivity contribution in [3.63, 3.8) is 0 Å². The summed E-state index contributed by atoms with van der Waals surface area (Å²) in [5.74, 6) is 0. The van der Waals surface area contributed by atoms with Crippen LogP contribution < -0.4 is 0 Å². The van der Waals surface area contributed by atoms with E-state index < -0.39 is 0 Å². The zero-order valence-corrected chi connectivity index (χ0v) is 14.3. The molecule has 0 fully saturated rings. The predicted molar refractivity (Wildman–Crippen MR) is 98.2 cm³/mol. The molecule has 1 heterocycles. The summed E-state index contributed by atoms with van der Waals surface area (Å²) in [6.45, 7) is 4.31. The van der Waals surface area contributed by atoms with Crippen molar-refractivity contribution in [1.82, 2.24) is 4.98 Å². The molecule has 3 heteroatoms. The molecule has 0 aliphatic carbocycles. The largest absolute Gasteiger partial charge is 0.253 e. The first-order chi connectivity index (χ1) is 10.2. The van der Waals surface area contributed by atoms with Gasteiger partial charge in [0, 0.05) is 16.1 Å². The highest BCUT2D eigenvalue weighted by Gasteiger charge is 2.14. The lowest BCUT2D eigenvalue weighted by atomic mass is 9.92. The van der Waals surface area contributed by atoms with Crippen LogP contribution in [0.5, 0.6) is 0 Å². The van der Waals surface area contributed by atoms with E-state index in [1.165, 1.54) is 16.7 Å². The fourth-order valence-electron chi connectivity index (χ4n) is 2.89. The zero-order valence-electron chi connectivity index (χ0n) is 12.8. The van der Waals surface area contributed by atoms with Crippen molar-refractivity contribution >= 4 is 34.9 Å². The molecule has 0 atom stereocenters. The Bertz CT molecular complexity index is 782. The molecule has 3 rings (SSSR count). The van der Waals surface area contributed by atoms with E-state index in [2.05, 4.69) is 38.1 Å². The van der Waals surface area contributed by atoms with Gasteiger partial charge in [-0.3, -0.25) is 4.98 Å². The fourth-order valence-corrected chi connectivity index (χ4v) is 3.06. The maximum Gasteiger partial charge on any atom is 0.0712 e. The molecule has 114 valence electrons. The minimum absolute atomic E-state index is 0. The first-order valence-corrected chi connectivity index (χ1v) is 7.72. The second-order valence-corrected chi connectivity index (χ2v) is 5.76. The van der Waals surface area contributed by atoms with Gasteiger partial charge in [0.05, 0.1) is 5.52 Å². The number of pyridine rings is 1. The number of hydrogen-bond donors (Lipinski definition) is 0. The molecule has 0 radical (unpaired) electrons. The van der Waals surface area contributed by atoms with E-state index in [0.717, 1.165) is 34.5 Å². The summed E-state index contributed by atoms with van der Waals surface area (Å²) in [4.78, 5) is 4.76. The summed E-state index contributed by atoms with van der Waals surface area (Å²) < 4.78 is 0. The van der Waals surface area contributed by atoms with Gasteiger partial charge in [0.2, 0.25) is 0 Å². The highest BCUT2D eigenvalue weighted by Crippen LogP contribution is 2.34. The second-order valence-electron chi connectivity index (χ2n) is 5.33. The highest BCUT2D eigenvalue weighted by molar-refractivity contribution is 6.31. The van der Waals surface area contributed by atoms with Crippen molar-refractivity contribution in [2.24, 2.45) is 0 Å². The lowest BCUT2D eigenvalue weighted by molar-refractivity contribution is 0.906. The molecule has 0 amide bonds. The van der Waals surface area contributed by atoms with Crippen molar-refractivity contribution in [2.45, 2.75) is 26.7 Å². The van der Waals surface area contributed by atoms with Crippen molar-refractivity contribution in [3.8, 4) is 11.1 Å². The van der Waals surface area contributed by atoms with Crippen LogP contribution in [0.3, 0.4) is 0 Å². The van der Waals surface area contributed by atoms with Gasteiger partial charge in [-0.05, 0) is 48.2 Å². The van der Waals surface area contributed by atoms with Crippen LogP contribution in [0.2, 0.25) is 5.02 Å². The van der Waals surface area contributed by atoms with Crippen molar-refractivity contribution in [1.29, 1.82) is 0 Å². The SMILES string of the molecule is CCCc1c(C)nc2ccc(Cl)cc2c1-c1ccccc1.Cl. The monoisotopic (exact) mass is 331 g/mol. The summed E-state index contributed by atoms with van der Waals surface area (Å²) in [7, 11) is 0. The van der Waals surface area contributed by atoms with Gasteiger partial charge in [-0.25, -0.2) is 0 Å². The van der Waals surface area contributed by atoms with Gasteiger partial charge in [0.1, 0.15) is 0 Å². The average molecular weight is 332 g/mol. The van der Waals surface area contributed by atoms with Gasteiger partial charge < -0.3 is 0 Å². The van der Waals surface area contributed by atoms with Crippen LogP contribution in [-0.4, -0.2) is 4.98 Å². The molecule has 2 aromatic carbocycles. The number of fused-ring (bicyclic) bond motifs is 1. The quantitative estimate of drug-likeness (QED) is 0.553. The molecule has 0 saturated heterocycles. The Morgan fingerprint density at radius 1 is 1.05 bits per heavy atom. The standard InChI is InChI=1S/C19H18ClN.ClH/c1-3-7-16-13(2)21-18-11-10-15(20)12-17(18)19(16)14-8-5-4-6-9-14;/h4-6,8-12H,3,7H2,1-2H3;1H. The van der Waals surface area contributed by atoms with E-state index >= 15 is 0 Å². The van der Waals surface area contributed by atoms with E-state index in [-0.39, 0.29) is 12.4 Å². The number of benzene rings is 2. The van der Waals surface area contributed by atoms with Crippen LogP contribution in [-0.2, 0) is 6.42 Å². The number of rotatable bonds is 3. The average Bonchev–Trinajstić information content (AvgIpc) is 2.50. The summed E-state index contributed by atoms with van der Waals surface area (Å²) in [6, 6.07) is 16.5. The van der Waals surface area contributed by atoms with Crippen LogP contribution in [0, 0.1) is 6.92 Å². The van der Waals surface area contributed by atoms with Crippen LogP contribution in [0.25, 0.3) is 22.0 Å². The third kappa shape index (κ3) is 3.11. The van der Waals surface area contributed by atoms with Gasteiger partial charge in [-0.15, -0.1) is 12.4 Å². The number of hydrogen-bond acceptors (Lipinski definition) is 1. The van der Waals surface area contributed by atoms with E-state index in [0.29, 0.717) is 0 Å². The molecule has 22 heavy (non-hydrogen) atoms. The van der Waals surface area contributed by atoms with Crippen LogP contribution >= 0.6 is 24.0 Å². The van der Waals surface area contributed by atoms with E-state index in [9.17, 15) is 0 Å². The van der Waals surface area contributed by atoms with Crippen LogP contribution in [0.4, 0.5) is 0 Å². The minimum atomic E-state index is 0. The fraction of sp³-hybridized carbons (Fsp3) is 0.211. The number of halogens is 2. The van der Waals surface area contributed by atoms with E-state index in [1.807, 2.05) is 24.3 Å². The van der Waals surface area contributed by atoms with Gasteiger partial charge in [-0.1, -0.05) is 55.3 Å². The minimum Gasteiger partial charge on any atom is -0.253 e. The molecular formula is C19H19Cl2N. The Hall–Kier alpha value is -1.57. The summed E-state index contributed by atoms with van der Waals surface area (Å²) in [5.41, 5.74) is 5.97. The Morgan fingerprint density at radius 3 is 2.45 bits per heavy atom. The van der Waals surface area contributed by atoms with Crippen molar-refractivity contribution in [3.05, 3.63) is 64.8 Å². The maximum absolute atomic E-state index is 6.22. The summed E-state index contributed by atoms with van der Waals surface area (Å²) in [6.07, 6.45) is 2.14. The van der Waals surface area contributed by atoms with Crippen LogP contribution in [0.15, 0.2) is 48.5 Å². The molecule has 0 unspecified atom stereocenters. The Morgan fingerprint density at radius 2 is 1.77 bits per heavy atom. The number of aromatic nitrogens is 1. The topological polar surface area (TPSA) is 12.9 Å². The molecule has 0 aliphatic heterocycles. The van der Waals surface area contributed by atoms with Gasteiger partial charge in [0.15, 0.2) is 0 Å². The molecular weight excluding hydrogens is 313 g/mol. The van der Waals surface area contributed by atoms with E-state index in [1.54, 1.807) is 0 Å². The normalized spacial score (nSPS) is 10.5. The maximum atomic E-state index is 6.22. The molecule has 0 bridgehead atoms. The molecule has 1 aromatic heterocycles. The molecule has 0 aliphatic rings. The van der Waals surface area contributed by atoms with E-state index in [4.69, 9.17) is 16.6 Å². The molecule has 0 saturated carbocycles. The van der Waals surface area contributed by atoms with Gasteiger partial charge >= 0.3 is 0 Å². The summed E-state index contributed by atoms with van der Waals surface area (Å²) in [5, 5.41) is 1.90. The molecule has 1 nitrogen and oxygen atoms in total. The Balaban J connectivity index is 0.00000176. The summed E-state index contributed by atoms with van der Waals surface area (Å²) >= 11 is 6.22. The molecule has 0 N–H and O–H groups in total. The molecule has 3 aromatic rings. The van der Waals surface area contributed by atoms with Crippen LogP contribution in [0.1, 0.15) is 24.6 Å². The third-order valence-electron chi connectivity index (χ3n) is 3.82. The lowest BCUT2D eigenvalue weighted by Gasteiger charge is -2.15. The first kappa shape index (κ1) is 16.8. The smallest absolute Gasteiger partial charge is 0.0712 e. The number of aryl methyl sites for hydroxylation is 1. The van der Waals surface area contributed by atoms with Gasteiger partial charge in [-0.2, -0.15) is 0 Å². The van der Waals surface area contributed by atoms with Crippen molar-refractivity contribution in [2.75, 3.05) is 0 Å². The highest BCUT2D eigenvalue weighted by atomic mass is 35.5. The molecule has 0 spiro atoms. The van der Waals surface area contributed by atoms with Crippen molar-refractivity contribution < 1.29 is 0 Å².